The Bertz CT molecular complexity index is 542. The van der Waals surface area contributed by atoms with Gasteiger partial charge in [0.15, 0.2) is 0 Å². The van der Waals surface area contributed by atoms with Crippen molar-refractivity contribution in [3.63, 3.8) is 0 Å². The van der Waals surface area contributed by atoms with E-state index in [2.05, 4.69) is 17.4 Å². The average Bonchev–Trinajstić information content (AvgIpc) is 2.59. The highest BCUT2D eigenvalue weighted by atomic mass is 16.5. The first-order valence-electron chi connectivity index (χ1n) is 8.31. The van der Waals surface area contributed by atoms with E-state index in [1.807, 2.05) is 62.4 Å². The summed E-state index contributed by atoms with van der Waals surface area (Å²) in [5.74, 6) is 0. The second kappa shape index (κ2) is 9.46. The molecule has 0 radical (unpaired) electrons. The van der Waals surface area contributed by atoms with Gasteiger partial charge < -0.3 is 15.2 Å². The minimum Gasteiger partial charge on any atom is -0.386 e. The van der Waals surface area contributed by atoms with E-state index in [1.165, 1.54) is 0 Å². The van der Waals surface area contributed by atoms with Gasteiger partial charge in [0.2, 0.25) is 0 Å². The van der Waals surface area contributed by atoms with Crippen LogP contribution in [0.25, 0.3) is 0 Å². The number of hydrogen-bond acceptors (Lipinski definition) is 3. The molecule has 0 heterocycles. The molecule has 0 saturated carbocycles. The van der Waals surface area contributed by atoms with E-state index in [-0.39, 0.29) is 12.1 Å². The van der Waals surface area contributed by atoms with Crippen molar-refractivity contribution >= 4 is 0 Å². The van der Waals surface area contributed by atoms with Gasteiger partial charge in [0.05, 0.1) is 18.2 Å². The summed E-state index contributed by atoms with van der Waals surface area (Å²) in [6.45, 7) is 5.61. The molecular formula is C20H27NO2. The fraction of sp³-hybridized carbons (Fsp3) is 0.400. The number of nitrogens with one attached hydrogen (secondary N) is 1. The summed E-state index contributed by atoms with van der Waals surface area (Å²) in [5, 5.41) is 14.3. The molecule has 2 unspecified atom stereocenters. The second-order valence-corrected chi connectivity index (χ2v) is 5.97. The lowest BCUT2D eigenvalue weighted by atomic mass is 9.95. The molecule has 0 fully saturated rings. The molecule has 2 atom stereocenters. The molecule has 2 rings (SSSR count). The zero-order valence-electron chi connectivity index (χ0n) is 14.0. The van der Waals surface area contributed by atoms with Crippen LogP contribution in [0.1, 0.15) is 43.5 Å². The Hall–Kier alpha value is -1.68. The van der Waals surface area contributed by atoms with Gasteiger partial charge >= 0.3 is 0 Å². The van der Waals surface area contributed by atoms with E-state index in [0.717, 1.165) is 30.7 Å². The van der Waals surface area contributed by atoms with E-state index in [1.54, 1.807) is 0 Å². The Morgan fingerprint density at radius 2 is 1.48 bits per heavy atom. The predicted molar refractivity (Wildman–Crippen MR) is 94.3 cm³/mol. The van der Waals surface area contributed by atoms with Gasteiger partial charge in [-0.3, -0.25) is 0 Å². The Balaban J connectivity index is 2.01. The highest BCUT2D eigenvalue weighted by molar-refractivity contribution is 5.26. The number of benzene rings is 2. The van der Waals surface area contributed by atoms with E-state index >= 15 is 0 Å². The minimum absolute atomic E-state index is 0.127. The molecule has 124 valence electrons. The molecule has 2 aromatic rings. The quantitative estimate of drug-likeness (QED) is 0.691. The molecule has 0 bridgehead atoms. The van der Waals surface area contributed by atoms with Crippen LogP contribution in [-0.4, -0.2) is 24.4 Å². The standard InChI is InChI=1S/C20H27NO2/c1-16(2)23-15-9-14-21-19(17-10-5-3-6-11-17)20(22)18-12-7-4-8-13-18/h3-8,10-13,16,19-22H,9,14-15H2,1-2H3. The Labute approximate surface area is 139 Å². The number of aliphatic hydroxyl groups is 1. The molecule has 2 aromatic carbocycles. The first-order chi connectivity index (χ1) is 11.2. The first-order valence-corrected chi connectivity index (χ1v) is 8.31. The highest BCUT2D eigenvalue weighted by Gasteiger charge is 2.21. The summed E-state index contributed by atoms with van der Waals surface area (Å²) in [5.41, 5.74) is 2.01. The maximum absolute atomic E-state index is 10.8. The predicted octanol–water partition coefficient (Wildman–Crippen LogP) is 3.87. The summed E-state index contributed by atoms with van der Waals surface area (Å²) in [7, 11) is 0. The van der Waals surface area contributed by atoms with Gasteiger partial charge in [-0.25, -0.2) is 0 Å². The third kappa shape index (κ3) is 5.79. The van der Waals surface area contributed by atoms with Gasteiger partial charge in [-0.15, -0.1) is 0 Å². The molecule has 3 heteroatoms. The normalized spacial score (nSPS) is 13.9. The number of aliphatic hydroxyl groups excluding tert-OH is 1. The summed E-state index contributed by atoms with van der Waals surface area (Å²) in [6, 6.07) is 19.8. The molecule has 0 amide bonds. The van der Waals surface area contributed by atoms with Gasteiger partial charge in [0.1, 0.15) is 0 Å². The van der Waals surface area contributed by atoms with Crippen LogP contribution in [0, 0.1) is 0 Å². The first kappa shape index (κ1) is 17.7. The molecule has 0 saturated heterocycles. The van der Waals surface area contributed by atoms with Gasteiger partial charge in [0, 0.05) is 6.61 Å². The zero-order chi connectivity index (χ0) is 16.5. The third-order valence-corrected chi connectivity index (χ3v) is 3.75. The lowest BCUT2D eigenvalue weighted by Gasteiger charge is -2.25. The Morgan fingerprint density at radius 3 is 2.04 bits per heavy atom. The smallest absolute Gasteiger partial charge is 0.0984 e. The molecular weight excluding hydrogens is 286 g/mol. The molecule has 2 N–H and O–H groups in total. The average molecular weight is 313 g/mol. The van der Waals surface area contributed by atoms with E-state index in [0.29, 0.717) is 0 Å². The molecule has 0 aliphatic rings. The number of rotatable bonds is 9. The SMILES string of the molecule is CC(C)OCCCNC(c1ccccc1)C(O)c1ccccc1. The zero-order valence-corrected chi connectivity index (χ0v) is 14.0. The van der Waals surface area contributed by atoms with Gasteiger partial charge in [-0.1, -0.05) is 60.7 Å². The lowest BCUT2D eigenvalue weighted by Crippen LogP contribution is -2.28. The van der Waals surface area contributed by atoms with Crippen LogP contribution in [0.2, 0.25) is 0 Å². The van der Waals surface area contributed by atoms with Crippen molar-refractivity contribution in [2.75, 3.05) is 13.2 Å². The fourth-order valence-corrected chi connectivity index (χ4v) is 2.56. The summed E-state index contributed by atoms with van der Waals surface area (Å²) < 4.78 is 5.57. The Morgan fingerprint density at radius 1 is 0.913 bits per heavy atom. The van der Waals surface area contributed by atoms with Crippen molar-refractivity contribution in [2.45, 2.75) is 38.5 Å². The largest absolute Gasteiger partial charge is 0.386 e. The number of ether oxygens (including phenoxy) is 1. The van der Waals surface area contributed by atoms with Crippen LogP contribution in [-0.2, 0) is 4.74 Å². The van der Waals surface area contributed by atoms with Crippen molar-refractivity contribution in [1.29, 1.82) is 0 Å². The minimum atomic E-state index is -0.579. The van der Waals surface area contributed by atoms with E-state index in [4.69, 9.17) is 4.74 Å². The van der Waals surface area contributed by atoms with Crippen LogP contribution >= 0.6 is 0 Å². The molecule has 0 aliphatic heterocycles. The van der Waals surface area contributed by atoms with Crippen molar-refractivity contribution in [3.8, 4) is 0 Å². The van der Waals surface area contributed by atoms with E-state index in [9.17, 15) is 5.11 Å². The van der Waals surface area contributed by atoms with Crippen molar-refractivity contribution in [2.24, 2.45) is 0 Å². The van der Waals surface area contributed by atoms with Gasteiger partial charge in [0.25, 0.3) is 0 Å². The number of hydrogen-bond donors (Lipinski definition) is 2. The summed E-state index contributed by atoms with van der Waals surface area (Å²) in [6.07, 6.45) is 0.600. The van der Waals surface area contributed by atoms with Crippen LogP contribution < -0.4 is 5.32 Å². The second-order valence-electron chi connectivity index (χ2n) is 5.97. The van der Waals surface area contributed by atoms with Crippen LogP contribution in [0.5, 0.6) is 0 Å². The van der Waals surface area contributed by atoms with Gasteiger partial charge in [-0.2, -0.15) is 0 Å². The van der Waals surface area contributed by atoms with Crippen LogP contribution in [0.3, 0.4) is 0 Å². The highest BCUT2D eigenvalue weighted by Crippen LogP contribution is 2.28. The maximum atomic E-state index is 10.8. The maximum Gasteiger partial charge on any atom is 0.0984 e. The lowest BCUT2D eigenvalue weighted by molar-refractivity contribution is 0.0740. The van der Waals surface area contributed by atoms with Crippen LogP contribution in [0.15, 0.2) is 60.7 Å². The monoisotopic (exact) mass is 313 g/mol. The Kier molecular flexibility index (Phi) is 7.27. The van der Waals surface area contributed by atoms with E-state index < -0.39 is 6.10 Å². The topological polar surface area (TPSA) is 41.5 Å². The van der Waals surface area contributed by atoms with Gasteiger partial charge in [-0.05, 0) is 37.9 Å². The molecule has 0 spiro atoms. The van der Waals surface area contributed by atoms with Crippen molar-refractivity contribution in [1.82, 2.24) is 5.32 Å². The molecule has 0 aromatic heterocycles. The third-order valence-electron chi connectivity index (χ3n) is 3.75. The van der Waals surface area contributed by atoms with Crippen molar-refractivity contribution < 1.29 is 9.84 Å². The summed E-state index contributed by atoms with van der Waals surface area (Å²) >= 11 is 0. The van der Waals surface area contributed by atoms with Crippen LogP contribution in [0.4, 0.5) is 0 Å². The molecule has 0 aliphatic carbocycles. The van der Waals surface area contributed by atoms with Crippen molar-refractivity contribution in [3.05, 3.63) is 71.8 Å². The molecule has 23 heavy (non-hydrogen) atoms. The summed E-state index contributed by atoms with van der Waals surface area (Å²) in [4.78, 5) is 0. The molecule has 3 nitrogen and oxygen atoms in total. The fourth-order valence-electron chi connectivity index (χ4n) is 2.56.